The third-order valence-electron chi connectivity index (χ3n) is 5.23. The molecule has 0 radical (unpaired) electrons. The average Bonchev–Trinajstić information content (AvgIpc) is 3.37. The van der Waals surface area contributed by atoms with E-state index in [4.69, 9.17) is 14.5 Å². The van der Waals surface area contributed by atoms with Crippen molar-refractivity contribution in [3.8, 4) is 17.2 Å². The zero-order chi connectivity index (χ0) is 19.1. The van der Waals surface area contributed by atoms with Crippen LogP contribution in [0.1, 0.15) is 33.1 Å². The lowest BCUT2D eigenvalue weighted by atomic mass is 10.1. The van der Waals surface area contributed by atoms with Crippen LogP contribution in [0.2, 0.25) is 0 Å². The molecule has 0 unspecified atom stereocenters. The summed E-state index contributed by atoms with van der Waals surface area (Å²) in [5.41, 5.74) is 2.06. The zero-order valence-corrected chi connectivity index (χ0v) is 16.4. The minimum atomic E-state index is 0.0794. The van der Waals surface area contributed by atoms with Crippen molar-refractivity contribution in [1.29, 1.82) is 0 Å². The van der Waals surface area contributed by atoms with Gasteiger partial charge in [-0.3, -0.25) is 9.89 Å². The summed E-state index contributed by atoms with van der Waals surface area (Å²) in [4.78, 5) is 9.42. The predicted octanol–water partition coefficient (Wildman–Crippen LogP) is 5.46. The molecule has 0 bridgehead atoms. The van der Waals surface area contributed by atoms with E-state index in [1.54, 1.807) is 0 Å². The van der Waals surface area contributed by atoms with Gasteiger partial charge >= 0.3 is 0 Å². The van der Waals surface area contributed by atoms with E-state index in [1.807, 2.05) is 38.1 Å². The second-order valence-corrected chi connectivity index (χ2v) is 7.58. The average molecular weight is 375 g/mol. The molecule has 5 rings (SSSR count). The number of benzene rings is 2. The second kappa shape index (κ2) is 6.89. The predicted molar refractivity (Wildman–Crippen MR) is 112 cm³/mol. The Morgan fingerprint density at radius 3 is 2.75 bits per heavy atom. The van der Waals surface area contributed by atoms with Crippen LogP contribution in [0.25, 0.3) is 0 Å². The zero-order valence-electron chi connectivity index (χ0n) is 16.4. The smallest absolute Gasteiger partial charge is 0.193 e. The molecule has 0 atom stereocenters. The number of amidine groups is 1. The monoisotopic (exact) mass is 375 g/mol. The number of para-hydroxylation sites is 3. The second-order valence-electron chi connectivity index (χ2n) is 7.58. The van der Waals surface area contributed by atoms with Crippen LogP contribution < -0.4 is 14.4 Å². The van der Waals surface area contributed by atoms with Crippen molar-refractivity contribution in [3.63, 3.8) is 0 Å². The quantitative estimate of drug-likeness (QED) is 0.714. The molecule has 144 valence electrons. The Morgan fingerprint density at radius 1 is 1.07 bits per heavy atom. The van der Waals surface area contributed by atoms with Crippen LogP contribution >= 0.6 is 0 Å². The van der Waals surface area contributed by atoms with Gasteiger partial charge in [0.1, 0.15) is 11.7 Å². The first-order valence-electron chi connectivity index (χ1n) is 10.1. The molecule has 0 amide bonds. The fraction of sp³-hybridized carbons (Fsp3) is 0.348. The third kappa shape index (κ3) is 2.82. The van der Waals surface area contributed by atoms with Gasteiger partial charge in [-0.15, -0.1) is 0 Å². The number of anilines is 2. The van der Waals surface area contributed by atoms with Crippen molar-refractivity contribution in [2.75, 3.05) is 18.0 Å². The Balaban J connectivity index is 1.64. The van der Waals surface area contributed by atoms with Gasteiger partial charge in [0.15, 0.2) is 17.2 Å². The topological polar surface area (TPSA) is 37.3 Å². The molecule has 2 aromatic carbocycles. The number of ether oxygens (including phenoxy) is 2. The molecule has 28 heavy (non-hydrogen) atoms. The van der Waals surface area contributed by atoms with Gasteiger partial charge in [0.05, 0.1) is 17.5 Å². The summed E-state index contributed by atoms with van der Waals surface area (Å²) >= 11 is 0. The van der Waals surface area contributed by atoms with E-state index in [-0.39, 0.29) is 6.10 Å². The van der Waals surface area contributed by atoms with Crippen molar-refractivity contribution in [2.45, 2.75) is 39.2 Å². The first-order valence-corrected chi connectivity index (χ1v) is 10.1. The van der Waals surface area contributed by atoms with E-state index in [2.05, 4.69) is 34.1 Å². The van der Waals surface area contributed by atoms with Crippen LogP contribution in [-0.4, -0.2) is 29.9 Å². The number of fused-ring (bicyclic) bond motifs is 2. The molecule has 0 saturated carbocycles. The molecular weight excluding hydrogens is 350 g/mol. The van der Waals surface area contributed by atoms with Crippen LogP contribution in [0, 0.1) is 0 Å². The van der Waals surface area contributed by atoms with Crippen LogP contribution in [-0.2, 0) is 0 Å². The van der Waals surface area contributed by atoms with Gasteiger partial charge in [0.2, 0.25) is 0 Å². The normalized spacial score (nSPS) is 17.8. The molecule has 0 aromatic heterocycles. The van der Waals surface area contributed by atoms with Gasteiger partial charge < -0.3 is 14.4 Å². The molecule has 3 aliphatic rings. The maximum atomic E-state index is 6.32. The van der Waals surface area contributed by atoms with Crippen LogP contribution in [0.15, 0.2) is 59.4 Å². The summed E-state index contributed by atoms with van der Waals surface area (Å²) in [6.07, 6.45) is 5.60. The number of nitrogens with zero attached hydrogens (tertiary/aromatic N) is 3. The maximum absolute atomic E-state index is 6.32. The lowest BCUT2D eigenvalue weighted by molar-refractivity contribution is 0.233. The molecule has 2 aromatic rings. The van der Waals surface area contributed by atoms with Gasteiger partial charge in [0.25, 0.3) is 0 Å². The molecule has 5 nitrogen and oxygen atoms in total. The molecule has 0 spiro atoms. The van der Waals surface area contributed by atoms with E-state index in [1.165, 1.54) is 11.7 Å². The lowest BCUT2D eigenvalue weighted by Gasteiger charge is -2.37. The number of hydrogen-bond donors (Lipinski definition) is 0. The van der Waals surface area contributed by atoms with E-state index < -0.39 is 0 Å². The summed E-state index contributed by atoms with van der Waals surface area (Å²) in [5, 5.41) is 0. The van der Waals surface area contributed by atoms with Crippen molar-refractivity contribution in [2.24, 2.45) is 4.99 Å². The van der Waals surface area contributed by atoms with Crippen LogP contribution in [0.3, 0.4) is 0 Å². The Labute approximate surface area is 165 Å². The number of rotatable bonds is 3. The van der Waals surface area contributed by atoms with E-state index in [0.29, 0.717) is 0 Å². The SMILES string of the molecule is CC(C)Oc1cccc2c1Oc1ccccc1N2C1=CCCN1C1=NCCC1. The highest BCUT2D eigenvalue weighted by Gasteiger charge is 2.34. The van der Waals surface area contributed by atoms with Gasteiger partial charge in [-0.1, -0.05) is 18.2 Å². The van der Waals surface area contributed by atoms with Crippen molar-refractivity contribution in [3.05, 3.63) is 54.4 Å². The van der Waals surface area contributed by atoms with Crippen molar-refractivity contribution < 1.29 is 9.47 Å². The fourth-order valence-corrected chi connectivity index (χ4v) is 4.11. The van der Waals surface area contributed by atoms with E-state index in [9.17, 15) is 0 Å². The summed E-state index contributed by atoms with van der Waals surface area (Å²) in [5.74, 6) is 4.76. The molecule has 0 saturated heterocycles. The van der Waals surface area contributed by atoms with Gasteiger partial charge in [-0.2, -0.15) is 0 Å². The Bertz CT molecular complexity index is 964. The Hall–Kier alpha value is -2.95. The molecule has 5 heteroatoms. The highest BCUT2D eigenvalue weighted by Crippen LogP contribution is 2.53. The van der Waals surface area contributed by atoms with Gasteiger partial charge in [0, 0.05) is 19.5 Å². The molecule has 0 aliphatic carbocycles. The van der Waals surface area contributed by atoms with Gasteiger partial charge in [-0.25, -0.2) is 0 Å². The first-order chi connectivity index (χ1) is 13.7. The summed E-state index contributed by atoms with van der Waals surface area (Å²) in [7, 11) is 0. The van der Waals surface area contributed by atoms with Crippen molar-refractivity contribution in [1.82, 2.24) is 4.90 Å². The molecule has 3 heterocycles. The summed E-state index contributed by atoms with van der Waals surface area (Å²) in [6, 6.07) is 14.3. The van der Waals surface area contributed by atoms with Crippen molar-refractivity contribution >= 4 is 17.2 Å². The standard InChI is InChI=1S/C23H25N3O2/c1-16(2)27-20-11-5-9-18-23(20)28-19-10-4-3-8-17(19)26(18)22-13-7-15-25(22)21-12-6-14-24-21/h3-5,8-11,13,16H,6-7,12,14-15H2,1-2H3. The maximum Gasteiger partial charge on any atom is 0.193 e. The van der Waals surface area contributed by atoms with Crippen LogP contribution in [0.5, 0.6) is 17.2 Å². The number of hydrogen-bond acceptors (Lipinski definition) is 5. The summed E-state index contributed by atoms with van der Waals surface area (Å²) < 4.78 is 12.4. The molecule has 0 fully saturated rings. The minimum absolute atomic E-state index is 0.0794. The largest absolute Gasteiger partial charge is 0.487 e. The number of aliphatic imine (C=N–C) groups is 1. The molecule has 0 N–H and O–H groups in total. The Morgan fingerprint density at radius 2 is 1.93 bits per heavy atom. The highest BCUT2D eigenvalue weighted by atomic mass is 16.5. The van der Waals surface area contributed by atoms with Crippen LogP contribution in [0.4, 0.5) is 11.4 Å². The minimum Gasteiger partial charge on any atom is -0.487 e. The lowest BCUT2D eigenvalue weighted by Crippen LogP contribution is -2.35. The molecule has 3 aliphatic heterocycles. The molecular formula is C23H25N3O2. The summed E-state index contributed by atoms with van der Waals surface area (Å²) in [6.45, 7) is 5.98. The third-order valence-corrected chi connectivity index (χ3v) is 5.23. The Kier molecular flexibility index (Phi) is 4.23. The van der Waals surface area contributed by atoms with Gasteiger partial charge in [-0.05, 0) is 57.0 Å². The highest BCUT2D eigenvalue weighted by molar-refractivity contribution is 5.89. The van der Waals surface area contributed by atoms with E-state index in [0.717, 1.165) is 61.0 Å². The van der Waals surface area contributed by atoms with E-state index >= 15 is 0 Å². The first kappa shape index (κ1) is 17.2. The fourth-order valence-electron chi connectivity index (χ4n) is 4.11.